The Labute approximate surface area is 220 Å². The SMILES string of the molecule is COc1ccc(-c2nc([C@@H]3CCO[C@H](c4cnn(C5CC5)c4)C3)cc3c(=O)n(C)c(C(F)(F)F)nc23)c(F)c1. The topological polar surface area (TPSA) is 84.1 Å². The fraction of sp³-hybridized carbons (Fsp3) is 0.407. The van der Waals surface area contributed by atoms with Crippen LogP contribution in [0.25, 0.3) is 22.2 Å². The third-order valence-electron chi connectivity index (χ3n) is 7.38. The highest BCUT2D eigenvalue weighted by Crippen LogP contribution is 2.41. The van der Waals surface area contributed by atoms with E-state index in [2.05, 4.69) is 15.1 Å². The first-order chi connectivity index (χ1) is 18.6. The molecule has 0 unspecified atom stereocenters. The van der Waals surface area contributed by atoms with Crippen LogP contribution in [0.15, 0.2) is 41.5 Å². The van der Waals surface area contributed by atoms with E-state index in [9.17, 15) is 18.0 Å². The van der Waals surface area contributed by atoms with E-state index in [4.69, 9.17) is 9.47 Å². The van der Waals surface area contributed by atoms with Crippen LogP contribution in [0.3, 0.4) is 0 Å². The van der Waals surface area contributed by atoms with Gasteiger partial charge in [0, 0.05) is 48.7 Å². The van der Waals surface area contributed by atoms with Gasteiger partial charge in [-0.1, -0.05) is 0 Å². The summed E-state index contributed by atoms with van der Waals surface area (Å²) in [6, 6.07) is 5.87. The number of ether oxygens (including phenoxy) is 2. The Morgan fingerprint density at radius 2 is 1.92 bits per heavy atom. The van der Waals surface area contributed by atoms with Crippen molar-refractivity contribution >= 4 is 10.9 Å². The van der Waals surface area contributed by atoms with Crippen LogP contribution in [0.2, 0.25) is 0 Å². The van der Waals surface area contributed by atoms with Crippen LogP contribution < -0.4 is 10.3 Å². The first-order valence-corrected chi connectivity index (χ1v) is 12.6. The minimum absolute atomic E-state index is 0.0645. The van der Waals surface area contributed by atoms with Gasteiger partial charge >= 0.3 is 6.18 Å². The summed E-state index contributed by atoms with van der Waals surface area (Å²) in [5, 5.41) is 4.38. The summed E-state index contributed by atoms with van der Waals surface area (Å²) in [4.78, 5) is 21.6. The minimum Gasteiger partial charge on any atom is -0.497 e. The molecule has 0 bridgehead atoms. The Hall–Kier alpha value is -3.80. The number of nitrogens with zero attached hydrogens (tertiary/aromatic N) is 5. The van der Waals surface area contributed by atoms with E-state index in [0.29, 0.717) is 35.8 Å². The normalized spacial score (nSPS) is 19.9. The van der Waals surface area contributed by atoms with Crippen LogP contribution in [-0.2, 0) is 18.0 Å². The summed E-state index contributed by atoms with van der Waals surface area (Å²) in [6.45, 7) is 0.416. The molecule has 4 aromatic rings. The van der Waals surface area contributed by atoms with Crippen LogP contribution >= 0.6 is 0 Å². The molecule has 1 aliphatic carbocycles. The van der Waals surface area contributed by atoms with Crippen molar-refractivity contribution in [3.05, 3.63) is 69.9 Å². The van der Waals surface area contributed by atoms with Gasteiger partial charge in [0.05, 0.1) is 36.5 Å². The molecule has 6 rings (SSSR count). The zero-order chi connectivity index (χ0) is 27.5. The summed E-state index contributed by atoms with van der Waals surface area (Å²) in [7, 11) is 2.40. The van der Waals surface area contributed by atoms with Crippen molar-refractivity contribution in [3.63, 3.8) is 0 Å². The lowest BCUT2D eigenvalue weighted by molar-refractivity contribution is -0.147. The van der Waals surface area contributed by atoms with Crippen molar-refractivity contribution in [2.75, 3.05) is 13.7 Å². The second-order valence-corrected chi connectivity index (χ2v) is 10.0. The van der Waals surface area contributed by atoms with Crippen LogP contribution in [0.4, 0.5) is 17.6 Å². The van der Waals surface area contributed by atoms with Gasteiger partial charge in [-0.2, -0.15) is 18.3 Å². The zero-order valence-corrected chi connectivity index (χ0v) is 21.2. The molecule has 2 aliphatic rings. The number of pyridine rings is 1. The number of aromatic nitrogens is 5. The highest BCUT2D eigenvalue weighted by atomic mass is 19.4. The van der Waals surface area contributed by atoms with E-state index < -0.39 is 23.4 Å². The molecule has 1 saturated carbocycles. The lowest BCUT2D eigenvalue weighted by Crippen LogP contribution is -2.28. The fourth-order valence-corrected chi connectivity index (χ4v) is 5.11. The smallest absolute Gasteiger partial charge is 0.449 e. The zero-order valence-electron chi connectivity index (χ0n) is 21.2. The van der Waals surface area contributed by atoms with Crippen molar-refractivity contribution in [2.24, 2.45) is 7.05 Å². The second kappa shape index (κ2) is 9.44. The predicted octanol–water partition coefficient (Wildman–Crippen LogP) is 5.33. The first kappa shape index (κ1) is 25.5. The number of rotatable bonds is 5. The molecule has 12 heteroatoms. The summed E-state index contributed by atoms with van der Waals surface area (Å²) < 4.78 is 69.9. The molecular weight excluding hydrogens is 518 g/mol. The van der Waals surface area contributed by atoms with Crippen molar-refractivity contribution in [2.45, 2.75) is 49.9 Å². The maximum Gasteiger partial charge on any atom is 0.449 e. The van der Waals surface area contributed by atoms with E-state index in [1.807, 2.05) is 10.9 Å². The molecule has 0 amide bonds. The average molecular weight is 544 g/mol. The van der Waals surface area contributed by atoms with Crippen LogP contribution in [0.5, 0.6) is 5.75 Å². The van der Waals surface area contributed by atoms with Crippen molar-refractivity contribution < 1.29 is 27.0 Å². The van der Waals surface area contributed by atoms with Crippen LogP contribution in [0.1, 0.15) is 60.8 Å². The van der Waals surface area contributed by atoms with Crippen molar-refractivity contribution in [1.29, 1.82) is 0 Å². The number of fused-ring (bicyclic) bond motifs is 1. The predicted molar refractivity (Wildman–Crippen MR) is 133 cm³/mol. The maximum absolute atomic E-state index is 15.2. The van der Waals surface area contributed by atoms with E-state index in [0.717, 1.165) is 31.5 Å². The third-order valence-corrected chi connectivity index (χ3v) is 7.38. The molecule has 2 atom stereocenters. The molecule has 39 heavy (non-hydrogen) atoms. The Morgan fingerprint density at radius 1 is 1.13 bits per heavy atom. The van der Waals surface area contributed by atoms with Gasteiger partial charge in [-0.05, 0) is 43.9 Å². The Kier molecular flexibility index (Phi) is 6.17. The largest absolute Gasteiger partial charge is 0.497 e. The van der Waals surface area contributed by atoms with Gasteiger partial charge in [0.2, 0.25) is 5.82 Å². The number of methoxy groups -OCH3 is 1. The van der Waals surface area contributed by atoms with Crippen molar-refractivity contribution in [3.8, 4) is 17.0 Å². The Morgan fingerprint density at radius 3 is 2.62 bits per heavy atom. The molecule has 0 radical (unpaired) electrons. The quantitative estimate of drug-likeness (QED) is 0.317. The van der Waals surface area contributed by atoms with E-state index in [-0.39, 0.29) is 39.9 Å². The molecule has 3 aromatic heterocycles. The Balaban J connectivity index is 1.48. The first-order valence-electron chi connectivity index (χ1n) is 12.6. The van der Waals surface area contributed by atoms with Gasteiger partial charge in [0.25, 0.3) is 5.56 Å². The number of hydrogen-bond donors (Lipinski definition) is 0. The Bertz CT molecular complexity index is 1630. The summed E-state index contributed by atoms with van der Waals surface area (Å²) in [5.74, 6) is -2.10. The van der Waals surface area contributed by atoms with Gasteiger partial charge in [0.1, 0.15) is 17.1 Å². The van der Waals surface area contributed by atoms with Crippen LogP contribution in [0, 0.1) is 5.82 Å². The van der Waals surface area contributed by atoms with Gasteiger partial charge < -0.3 is 9.47 Å². The molecular formula is C27H25F4N5O3. The molecule has 204 valence electrons. The molecule has 4 heterocycles. The lowest BCUT2D eigenvalue weighted by Gasteiger charge is -2.29. The monoisotopic (exact) mass is 543 g/mol. The molecule has 0 N–H and O–H groups in total. The highest BCUT2D eigenvalue weighted by molar-refractivity contribution is 5.91. The van der Waals surface area contributed by atoms with Crippen LogP contribution in [-0.4, -0.2) is 38.0 Å². The van der Waals surface area contributed by atoms with E-state index in [1.165, 1.54) is 25.3 Å². The van der Waals surface area contributed by atoms with E-state index in [1.54, 1.807) is 6.20 Å². The fourth-order valence-electron chi connectivity index (χ4n) is 5.11. The van der Waals surface area contributed by atoms with E-state index >= 15 is 4.39 Å². The third kappa shape index (κ3) is 4.66. The average Bonchev–Trinajstić information content (AvgIpc) is 3.65. The van der Waals surface area contributed by atoms with Gasteiger partial charge in [-0.15, -0.1) is 0 Å². The van der Waals surface area contributed by atoms with Gasteiger partial charge in [-0.25, -0.2) is 9.37 Å². The molecule has 1 aromatic carbocycles. The molecule has 2 fully saturated rings. The number of alkyl halides is 3. The lowest BCUT2D eigenvalue weighted by atomic mass is 9.89. The maximum atomic E-state index is 15.2. The number of halogens is 4. The number of hydrogen-bond acceptors (Lipinski definition) is 6. The molecule has 1 saturated heterocycles. The van der Waals surface area contributed by atoms with Crippen molar-refractivity contribution in [1.82, 2.24) is 24.3 Å². The standard InChI is InChI=1S/C27H25F4N5O3/c1-35-25(37)19-11-21(14-7-8-39-22(9-14)15-12-32-36(13-15)16-3-4-16)33-23(24(19)34-26(35)27(29,30)31)18-6-5-17(38-2)10-20(18)28/h5-6,10-14,16,22H,3-4,7-9H2,1-2H3/t14-,22+/m1/s1. The molecule has 1 aliphatic heterocycles. The minimum atomic E-state index is -4.89. The van der Waals surface area contributed by atoms with Gasteiger partial charge in [-0.3, -0.25) is 19.0 Å². The molecule has 0 spiro atoms. The summed E-state index contributed by atoms with van der Waals surface area (Å²) in [5.41, 5.74) is -0.00945. The number of benzene rings is 1. The summed E-state index contributed by atoms with van der Waals surface area (Å²) >= 11 is 0. The van der Waals surface area contributed by atoms with Gasteiger partial charge in [0.15, 0.2) is 0 Å². The summed E-state index contributed by atoms with van der Waals surface area (Å²) in [6.07, 6.45) is 1.90. The highest BCUT2D eigenvalue weighted by Gasteiger charge is 2.37. The second-order valence-electron chi connectivity index (χ2n) is 10.0. The molecule has 8 nitrogen and oxygen atoms in total.